The van der Waals surface area contributed by atoms with Crippen LogP contribution in [-0.4, -0.2) is 177 Å². The molecule has 19 atom stereocenters. The van der Waals surface area contributed by atoms with Crippen molar-refractivity contribution < 1.29 is 82.7 Å². The van der Waals surface area contributed by atoms with E-state index in [1.165, 1.54) is 34.8 Å². The Balaban J connectivity index is 0.00000129. The van der Waals surface area contributed by atoms with E-state index in [1.54, 1.807) is 48.5 Å². The van der Waals surface area contributed by atoms with E-state index < -0.39 is 126 Å². The normalized spacial score (nSPS) is 41.5. The van der Waals surface area contributed by atoms with Gasteiger partial charge in [0.25, 0.3) is 0 Å². The zero-order valence-electron chi connectivity index (χ0n) is 41.0. The third kappa shape index (κ3) is 15.0. The lowest BCUT2D eigenvalue weighted by Gasteiger charge is -2.49. The summed E-state index contributed by atoms with van der Waals surface area (Å²) in [5, 5.41) is 57.1. The molecule has 20 heteroatoms. The minimum absolute atomic E-state index is 0.0760. The monoisotopic (exact) mass is 953 g/mol. The molecule has 378 valence electrons. The van der Waals surface area contributed by atoms with Crippen LogP contribution in [0.5, 0.6) is 0 Å². The maximum Gasteiger partial charge on any atom is 0.327 e. The van der Waals surface area contributed by atoms with Crippen LogP contribution in [0, 0.1) is 23.7 Å². The smallest absolute Gasteiger partial charge is 0.327 e. The molecule has 6 N–H and O–H groups in total. The third-order valence-corrected chi connectivity index (χ3v) is 13.6. The molecular formula is C45H80N2O17S. The number of methoxy groups -OCH3 is 1. The van der Waals surface area contributed by atoms with Crippen LogP contribution in [0.25, 0.3) is 0 Å². The lowest BCUT2D eigenvalue weighted by Crippen LogP contribution is -2.61. The summed E-state index contributed by atoms with van der Waals surface area (Å²) in [6.07, 6.45) is -9.68. The number of carbonyl (C=O) groups excluding carboxylic acids is 4. The fourth-order valence-electron chi connectivity index (χ4n) is 9.19. The zero-order chi connectivity index (χ0) is 50.1. The number of rotatable bonds is 12. The van der Waals surface area contributed by atoms with Crippen LogP contribution in [0.15, 0.2) is 0 Å². The number of thiol groups is 1. The number of aliphatic hydroxyl groups excluding tert-OH is 2. The first-order chi connectivity index (χ1) is 29.9. The molecule has 0 bridgehead atoms. The number of esters is 2. The number of aliphatic carboxylic acids is 1. The van der Waals surface area contributed by atoms with E-state index >= 15 is 0 Å². The number of Topliss-reactive ketones (excluding diaryl/α,β-unsaturated/α-hetero) is 1. The number of hydrogen-bond donors (Lipinski definition) is 7. The van der Waals surface area contributed by atoms with Gasteiger partial charge in [-0.2, -0.15) is 12.6 Å². The summed E-state index contributed by atoms with van der Waals surface area (Å²) in [4.78, 5) is 63.4. The van der Waals surface area contributed by atoms with Gasteiger partial charge >= 0.3 is 17.9 Å². The number of likely N-dealkylation sites (N-methyl/N-ethyl adjacent to an activating group) is 1. The number of carboxylic acid groups (broad SMARTS) is 1. The van der Waals surface area contributed by atoms with Gasteiger partial charge in [0.1, 0.15) is 29.6 Å². The van der Waals surface area contributed by atoms with Crippen molar-refractivity contribution >= 4 is 42.2 Å². The summed E-state index contributed by atoms with van der Waals surface area (Å²) >= 11 is 3.73. The number of amides is 1. The third-order valence-electron chi connectivity index (χ3n) is 13.2. The summed E-state index contributed by atoms with van der Waals surface area (Å²) in [7, 11) is 5.21. The molecule has 1 amide bonds. The average Bonchev–Trinajstić information content (AvgIpc) is 3.23. The molecule has 0 unspecified atom stereocenters. The van der Waals surface area contributed by atoms with Gasteiger partial charge in [-0.15, -0.1) is 0 Å². The van der Waals surface area contributed by atoms with Crippen LogP contribution in [0.2, 0.25) is 0 Å². The number of nitrogens with zero attached hydrogens (tertiary/aromatic N) is 1. The molecular weight excluding hydrogens is 873 g/mol. The molecule has 0 aromatic rings. The summed E-state index contributed by atoms with van der Waals surface area (Å²) in [5.41, 5.74) is -4.92. The number of aliphatic hydroxyl groups is 4. The molecule has 3 aliphatic rings. The number of carbonyl (C=O) groups is 5. The Morgan fingerprint density at radius 1 is 0.923 bits per heavy atom. The predicted molar refractivity (Wildman–Crippen MR) is 240 cm³/mol. The topological polar surface area (TPSA) is 266 Å². The zero-order valence-corrected chi connectivity index (χ0v) is 41.9. The molecule has 0 aromatic heterocycles. The number of ether oxygens (including phenoxy) is 7. The highest BCUT2D eigenvalue weighted by atomic mass is 32.1. The number of ketones is 1. The van der Waals surface area contributed by atoms with Crippen LogP contribution in [-0.2, 0) is 57.1 Å². The number of nitrogens with one attached hydrogen (secondary N) is 1. The highest BCUT2D eigenvalue weighted by Crippen LogP contribution is 2.41. The van der Waals surface area contributed by atoms with Crippen LogP contribution in [0.3, 0.4) is 0 Å². The molecule has 0 saturated carbocycles. The lowest BCUT2D eigenvalue weighted by atomic mass is 9.74. The largest absolute Gasteiger partial charge is 0.480 e. The molecule has 3 rings (SSSR count). The van der Waals surface area contributed by atoms with Crippen molar-refractivity contribution in [2.75, 3.05) is 27.0 Å². The molecule has 3 fully saturated rings. The Morgan fingerprint density at radius 3 is 2.00 bits per heavy atom. The van der Waals surface area contributed by atoms with Crippen molar-refractivity contribution in [3.8, 4) is 0 Å². The molecule has 3 saturated heterocycles. The van der Waals surface area contributed by atoms with E-state index in [9.17, 15) is 44.4 Å². The van der Waals surface area contributed by atoms with E-state index in [-0.39, 0.29) is 49.5 Å². The Labute approximate surface area is 390 Å². The van der Waals surface area contributed by atoms with Gasteiger partial charge in [0.05, 0.1) is 53.7 Å². The van der Waals surface area contributed by atoms with Crippen molar-refractivity contribution in [1.82, 2.24) is 10.2 Å². The molecule has 0 spiro atoms. The molecule has 0 aliphatic carbocycles. The van der Waals surface area contributed by atoms with Crippen molar-refractivity contribution in [2.24, 2.45) is 23.7 Å². The van der Waals surface area contributed by atoms with E-state index in [2.05, 4.69) is 17.9 Å². The number of hydrogen-bond acceptors (Lipinski definition) is 18. The Morgan fingerprint density at radius 2 is 1.52 bits per heavy atom. The van der Waals surface area contributed by atoms with E-state index in [0.717, 1.165) is 0 Å². The van der Waals surface area contributed by atoms with Gasteiger partial charge < -0.3 is 68.9 Å². The molecule has 3 heterocycles. The molecule has 0 radical (unpaired) electrons. The van der Waals surface area contributed by atoms with Crippen molar-refractivity contribution in [2.45, 2.75) is 205 Å². The van der Waals surface area contributed by atoms with Gasteiger partial charge in [0, 0.05) is 50.4 Å². The highest BCUT2D eigenvalue weighted by Gasteiger charge is 2.54. The second kappa shape index (κ2) is 24.7. The van der Waals surface area contributed by atoms with Crippen LogP contribution in [0.1, 0.15) is 115 Å². The van der Waals surface area contributed by atoms with Gasteiger partial charge in [-0.1, -0.05) is 34.6 Å². The van der Waals surface area contributed by atoms with E-state index in [0.29, 0.717) is 6.42 Å². The Bertz CT molecular complexity index is 1580. The van der Waals surface area contributed by atoms with Gasteiger partial charge in [-0.05, 0) is 74.9 Å². The van der Waals surface area contributed by atoms with Crippen molar-refractivity contribution in [1.29, 1.82) is 0 Å². The molecule has 0 aromatic carbocycles. The van der Waals surface area contributed by atoms with Gasteiger partial charge in [-0.3, -0.25) is 19.2 Å². The van der Waals surface area contributed by atoms with E-state index in [1.807, 2.05) is 25.9 Å². The highest BCUT2D eigenvalue weighted by molar-refractivity contribution is 7.80. The van der Waals surface area contributed by atoms with Crippen LogP contribution in [0.4, 0.5) is 0 Å². The predicted octanol–water partition coefficient (Wildman–Crippen LogP) is 2.25. The maximum absolute atomic E-state index is 14.2. The van der Waals surface area contributed by atoms with Crippen molar-refractivity contribution in [3.63, 3.8) is 0 Å². The molecule has 19 nitrogen and oxygen atoms in total. The fraction of sp³-hybridized carbons (Fsp3) is 0.889. The summed E-state index contributed by atoms with van der Waals surface area (Å²) < 4.78 is 43.6. The number of carboxylic acids is 1. The van der Waals surface area contributed by atoms with Gasteiger partial charge in [0.15, 0.2) is 18.7 Å². The molecule has 65 heavy (non-hydrogen) atoms. The first-order valence-corrected chi connectivity index (χ1v) is 23.3. The van der Waals surface area contributed by atoms with Crippen molar-refractivity contribution in [3.05, 3.63) is 0 Å². The van der Waals surface area contributed by atoms with Crippen LogP contribution >= 0.6 is 12.6 Å². The summed E-state index contributed by atoms with van der Waals surface area (Å²) in [5.74, 6) is -6.91. The van der Waals surface area contributed by atoms with E-state index in [4.69, 9.17) is 38.3 Å². The Hall–Kier alpha value is -2.50. The quantitative estimate of drug-likeness (QED) is 0.109. The summed E-state index contributed by atoms with van der Waals surface area (Å²) in [6, 6.07) is -1.19. The molecule has 3 aliphatic heterocycles. The van der Waals surface area contributed by atoms with Crippen LogP contribution < -0.4 is 5.32 Å². The standard InChI is InChI=1S/C40H71NO14.C5H9NO3S/c1-15-27-40(11,48)33(44)22(5)30(43)20(3)18-38(9,47)35(55-37-32(53-28(42)16-2)26(41(12)13)17-21(4)50-37)23(6)31(24(7)36(46)52-27)54-29-19-39(10,49-14)34(45)25(8)51-29;1-3(7)6-4(2-10)5(8)9/h20-27,29,31-35,37,44-45,47-48H,15-19H2,1-14H3;4,10H,2H2,1H3,(H,6,7)(H,8,9)/t20-,21-,22+,23+,24-,25+,26+,27-,29+,31+,32-,33-,34+,35-,37+,38-,39-,40-;4-/m10/s1. The second-order valence-electron chi connectivity index (χ2n) is 19.1. The fourth-order valence-corrected chi connectivity index (χ4v) is 9.43. The minimum atomic E-state index is -2.01. The Kier molecular flexibility index (Phi) is 22.3. The first kappa shape index (κ1) is 58.6. The SMILES string of the molecule is CC(=O)N[C@@H](CS)C(=O)O.CCC(=O)O[C@H]1[C@H](O[C@@H]2[C@@H](C)[C@H](O[C@H]3C[C@@](C)(OC)[C@@H](O)[C@H](C)O3)[C@@H](C)C(=O)O[C@H](CC)[C@@](C)(O)[C@H](O)[C@@H](C)C(=O)[C@H](C)C[C@@]2(C)O)O[C@H](C)C[C@@H]1N(C)C. The first-order valence-electron chi connectivity index (χ1n) is 22.6. The second-order valence-corrected chi connectivity index (χ2v) is 19.4. The maximum atomic E-state index is 14.2. The summed E-state index contributed by atoms with van der Waals surface area (Å²) in [6.45, 7) is 19.3. The van der Waals surface area contributed by atoms with Gasteiger partial charge in [-0.25, -0.2) is 4.79 Å². The number of cyclic esters (lactones) is 1. The average molecular weight is 953 g/mol. The minimum Gasteiger partial charge on any atom is -0.480 e. The lowest BCUT2D eigenvalue weighted by molar-refractivity contribution is -0.319. The van der Waals surface area contributed by atoms with Gasteiger partial charge in [0.2, 0.25) is 5.91 Å².